The van der Waals surface area contributed by atoms with Crippen LogP contribution in [0.1, 0.15) is 13.3 Å². The Labute approximate surface area is 170 Å². The number of guanidine groups is 1. The summed E-state index contributed by atoms with van der Waals surface area (Å²) in [5, 5.41) is 5.54. The van der Waals surface area contributed by atoms with Crippen LogP contribution in [0.5, 0.6) is 0 Å². The predicted molar refractivity (Wildman–Crippen MR) is 105 cm³/mol. The van der Waals surface area contributed by atoms with E-state index in [1.807, 2.05) is 0 Å². The average molecular weight is 535 g/mol. The van der Waals surface area contributed by atoms with Crippen molar-refractivity contribution in [2.24, 2.45) is 4.99 Å². The zero-order chi connectivity index (χ0) is 18.2. The Balaban J connectivity index is 0.00000576. The third kappa shape index (κ3) is 10.4. The number of halogens is 5. The van der Waals surface area contributed by atoms with Gasteiger partial charge in [0, 0.05) is 19.6 Å². The fraction of sp³-hybridized carbons (Fsp3) is 0.583. The van der Waals surface area contributed by atoms with Crippen LogP contribution in [0.4, 0.5) is 13.2 Å². The Morgan fingerprint density at radius 1 is 1.28 bits per heavy atom. The number of sulfonamides is 1. The van der Waals surface area contributed by atoms with Gasteiger partial charge in [0.1, 0.15) is 4.21 Å². The monoisotopic (exact) mass is 534 g/mol. The van der Waals surface area contributed by atoms with Crippen LogP contribution in [0.15, 0.2) is 21.3 Å². The van der Waals surface area contributed by atoms with Crippen LogP contribution in [0.3, 0.4) is 0 Å². The molecule has 0 amide bonds. The molecule has 146 valence electrons. The van der Waals surface area contributed by atoms with E-state index in [2.05, 4.69) is 20.3 Å². The van der Waals surface area contributed by atoms with Gasteiger partial charge in [-0.05, 0) is 19.1 Å². The fourth-order valence-electron chi connectivity index (χ4n) is 1.52. The second-order valence-electron chi connectivity index (χ2n) is 4.51. The van der Waals surface area contributed by atoms with E-state index in [0.29, 0.717) is 10.9 Å². The van der Waals surface area contributed by atoms with Gasteiger partial charge in [-0.3, -0.25) is 4.99 Å². The number of thiophene rings is 1. The number of nitrogens with zero attached hydrogens (tertiary/aromatic N) is 1. The lowest BCUT2D eigenvalue weighted by molar-refractivity contribution is -0.132. The van der Waals surface area contributed by atoms with Crippen molar-refractivity contribution < 1.29 is 21.6 Å². The second-order valence-corrected chi connectivity index (χ2v) is 8.22. The highest BCUT2D eigenvalue weighted by molar-refractivity contribution is 14.0. The first-order chi connectivity index (χ1) is 11.1. The Hall–Kier alpha value is -0.310. The number of aliphatic imine (C=N–C) groups is 1. The molecule has 0 fully saturated rings. The molecule has 25 heavy (non-hydrogen) atoms. The first kappa shape index (κ1) is 24.7. The van der Waals surface area contributed by atoms with Gasteiger partial charge in [0.15, 0.2) is 5.96 Å². The number of nitrogens with one attached hydrogen (secondary N) is 3. The van der Waals surface area contributed by atoms with Gasteiger partial charge in [0.05, 0.1) is 17.3 Å². The van der Waals surface area contributed by atoms with Gasteiger partial charge in [-0.1, -0.05) is 11.6 Å². The highest BCUT2D eigenvalue weighted by Gasteiger charge is 2.26. The number of alkyl halides is 3. The maximum Gasteiger partial charge on any atom is 0.390 e. The van der Waals surface area contributed by atoms with E-state index in [9.17, 15) is 21.6 Å². The molecular weight excluding hydrogens is 516 g/mol. The van der Waals surface area contributed by atoms with E-state index in [0.717, 1.165) is 11.3 Å². The summed E-state index contributed by atoms with van der Waals surface area (Å²) >= 11 is 6.63. The molecule has 0 spiro atoms. The number of rotatable bonds is 8. The molecule has 0 aliphatic carbocycles. The van der Waals surface area contributed by atoms with Crippen molar-refractivity contribution in [2.45, 2.75) is 23.7 Å². The first-order valence-corrected chi connectivity index (χ1v) is 9.66. The molecule has 1 heterocycles. The van der Waals surface area contributed by atoms with Crippen molar-refractivity contribution in [2.75, 3.05) is 26.2 Å². The zero-order valence-electron chi connectivity index (χ0n) is 13.2. The first-order valence-electron chi connectivity index (χ1n) is 6.98. The molecule has 0 bridgehead atoms. The van der Waals surface area contributed by atoms with E-state index in [1.54, 1.807) is 6.92 Å². The molecule has 0 radical (unpaired) electrons. The van der Waals surface area contributed by atoms with Crippen molar-refractivity contribution in [1.29, 1.82) is 0 Å². The summed E-state index contributed by atoms with van der Waals surface area (Å²) in [6.07, 6.45) is -5.28. The molecule has 0 saturated carbocycles. The summed E-state index contributed by atoms with van der Waals surface area (Å²) < 4.78 is 63.0. The van der Waals surface area contributed by atoms with E-state index < -0.39 is 29.2 Å². The minimum absolute atomic E-state index is 0. The molecule has 6 nitrogen and oxygen atoms in total. The summed E-state index contributed by atoms with van der Waals surface area (Å²) in [6.45, 7) is 2.04. The van der Waals surface area contributed by atoms with E-state index in [4.69, 9.17) is 11.6 Å². The van der Waals surface area contributed by atoms with Gasteiger partial charge in [-0.25, -0.2) is 13.1 Å². The fourth-order valence-corrected chi connectivity index (χ4v) is 4.07. The van der Waals surface area contributed by atoms with Gasteiger partial charge in [-0.15, -0.1) is 35.3 Å². The van der Waals surface area contributed by atoms with Crippen molar-refractivity contribution in [3.05, 3.63) is 16.5 Å². The topological polar surface area (TPSA) is 82.6 Å². The minimum Gasteiger partial charge on any atom is -0.357 e. The van der Waals surface area contributed by atoms with Crippen LogP contribution in [-0.4, -0.2) is 46.7 Å². The second kappa shape index (κ2) is 11.4. The SMILES string of the molecule is CCNC(=NCCC(F)(F)F)NCCNS(=O)(=O)c1ccc(Cl)s1.I. The third-order valence-electron chi connectivity index (χ3n) is 2.53. The maximum atomic E-state index is 12.1. The molecule has 0 aromatic carbocycles. The molecule has 0 atom stereocenters. The largest absolute Gasteiger partial charge is 0.390 e. The van der Waals surface area contributed by atoms with Crippen molar-refractivity contribution in [3.8, 4) is 0 Å². The molecule has 3 N–H and O–H groups in total. The van der Waals surface area contributed by atoms with Crippen molar-refractivity contribution >= 4 is 62.9 Å². The predicted octanol–water partition coefficient (Wildman–Crippen LogP) is 2.81. The summed E-state index contributed by atoms with van der Waals surface area (Å²) in [6, 6.07) is 2.88. The molecule has 0 saturated heterocycles. The summed E-state index contributed by atoms with van der Waals surface area (Å²) in [5.74, 6) is 0.195. The Morgan fingerprint density at radius 3 is 2.48 bits per heavy atom. The zero-order valence-corrected chi connectivity index (χ0v) is 17.9. The quantitative estimate of drug-likeness (QED) is 0.207. The summed E-state index contributed by atoms with van der Waals surface area (Å²) in [5.41, 5.74) is 0. The Bertz CT molecular complexity index is 653. The van der Waals surface area contributed by atoms with Gasteiger partial charge < -0.3 is 10.6 Å². The highest BCUT2D eigenvalue weighted by Crippen LogP contribution is 2.25. The Kier molecular flexibility index (Phi) is 11.3. The van der Waals surface area contributed by atoms with Crippen LogP contribution in [0.25, 0.3) is 0 Å². The molecule has 0 unspecified atom stereocenters. The number of hydrogen-bond donors (Lipinski definition) is 3. The Morgan fingerprint density at radius 2 is 1.96 bits per heavy atom. The van der Waals surface area contributed by atoms with Crippen molar-refractivity contribution in [3.63, 3.8) is 0 Å². The average Bonchev–Trinajstić information content (AvgIpc) is 2.89. The lowest BCUT2D eigenvalue weighted by Crippen LogP contribution is -2.41. The van der Waals surface area contributed by atoms with Crippen LogP contribution in [0, 0.1) is 0 Å². The van der Waals surface area contributed by atoms with Crippen molar-refractivity contribution in [1.82, 2.24) is 15.4 Å². The maximum absolute atomic E-state index is 12.1. The third-order valence-corrected chi connectivity index (χ3v) is 5.72. The lowest BCUT2D eigenvalue weighted by Gasteiger charge is -2.12. The lowest BCUT2D eigenvalue weighted by atomic mass is 10.4. The molecule has 1 aromatic rings. The molecule has 1 aromatic heterocycles. The standard InChI is InChI=1S/C12H18ClF3N4O2S2.HI/c1-2-17-11(18-6-5-12(14,15)16)19-7-8-20-24(21,22)10-4-3-9(13)23-10;/h3-4,20H,2,5-8H2,1H3,(H2,17,18,19);1H. The molecule has 0 aliphatic heterocycles. The smallest absolute Gasteiger partial charge is 0.357 e. The number of hydrogen-bond acceptors (Lipinski definition) is 4. The molecular formula is C12H19ClF3IN4O2S2. The van der Waals surface area contributed by atoms with Gasteiger partial charge in [-0.2, -0.15) is 13.2 Å². The van der Waals surface area contributed by atoms with Gasteiger partial charge in [0.25, 0.3) is 0 Å². The van der Waals surface area contributed by atoms with Gasteiger partial charge >= 0.3 is 6.18 Å². The summed E-state index contributed by atoms with van der Waals surface area (Å²) in [4.78, 5) is 3.78. The van der Waals surface area contributed by atoms with Gasteiger partial charge in [0.2, 0.25) is 10.0 Å². The van der Waals surface area contributed by atoms with E-state index in [1.165, 1.54) is 12.1 Å². The molecule has 0 aliphatic rings. The summed E-state index contributed by atoms with van der Waals surface area (Å²) in [7, 11) is -3.65. The van der Waals surface area contributed by atoms with Crippen LogP contribution in [-0.2, 0) is 10.0 Å². The van der Waals surface area contributed by atoms with Crippen LogP contribution >= 0.6 is 46.9 Å². The van der Waals surface area contributed by atoms with E-state index in [-0.39, 0.29) is 47.2 Å². The van der Waals surface area contributed by atoms with E-state index >= 15 is 0 Å². The molecule has 13 heteroatoms. The highest BCUT2D eigenvalue weighted by atomic mass is 127. The van der Waals surface area contributed by atoms with Crippen LogP contribution < -0.4 is 15.4 Å². The minimum atomic E-state index is -4.27. The normalized spacial score (nSPS) is 12.6. The molecule has 1 rings (SSSR count). The van der Waals surface area contributed by atoms with Crippen LogP contribution in [0.2, 0.25) is 4.34 Å².